The Morgan fingerprint density at radius 1 is 0.913 bits per heavy atom. The van der Waals surface area contributed by atoms with Gasteiger partial charge in [-0.05, 0) is 111 Å². The Morgan fingerprint density at radius 2 is 1.68 bits per heavy atom. The number of H-pyrrole nitrogens is 1. The summed E-state index contributed by atoms with van der Waals surface area (Å²) in [5.41, 5.74) is 8.35. The van der Waals surface area contributed by atoms with Crippen LogP contribution in [0.4, 0.5) is 15.0 Å². The number of carbonyl (C=O) groups is 1. The van der Waals surface area contributed by atoms with Crippen molar-refractivity contribution >= 4 is 44.9 Å². The van der Waals surface area contributed by atoms with Gasteiger partial charge in [0.2, 0.25) is 0 Å². The van der Waals surface area contributed by atoms with E-state index in [9.17, 15) is 9.59 Å². The van der Waals surface area contributed by atoms with Crippen LogP contribution in [0, 0.1) is 12.7 Å². The summed E-state index contributed by atoms with van der Waals surface area (Å²) in [4.78, 5) is 50.4. The van der Waals surface area contributed by atoms with Gasteiger partial charge in [0.05, 0.1) is 35.9 Å². The van der Waals surface area contributed by atoms with Gasteiger partial charge < -0.3 is 24.0 Å². The Balaban J connectivity index is 1.05. The van der Waals surface area contributed by atoms with Crippen molar-refractivity contribution in [2.75, 3.05) is 18.0 Å². The molecular weight excluding hydrogens is 876 g/mol. The number of rotatable bonds is 12. The first-order chi connectivity index (χ1) is 33.2. The summed E-state index contributed by atoms with van der Waals surface area (Å²) in [6.07, 6.45) is 7.58. The van der Waals surface area contributed by atoms with E-state index in [0.29, 0.717) is 59.0 Å². The standard InChI is InChI=1S/C53H55FN10O5/c1-29(2)45-34(10-8-18-55-45)28-68-50-58-46-38(48(59-50)62-25-36-20-35(62)26-63(36)52(66)69-53(4,5)6)21-37(33-16-17-33)44(43-30(3)40(54)22-41-39(43)23-57-60-41)47(46)67-27-32-14-12-31(13-15-32)24-64-42-11-9-19-56-49(42)61(7)51(64)65/h8-15,18-19,21-23,29,33,35-36H,16-17,20,24-28H2,1-7H3,(H,57,60)/t35-,36-/m0/s1. The number of benzene rings is 3. The van der Waals surface area contributed by atoms with Gasteiger partial charge in [-0.2, -0.15) is 15.1 Å². The van der Waals surface area contributed by atoms with Gasteiger partial charge in [-0.25, -0.2) is 19.0 Å². The molecule has 7 heterocycles. The number of halogens is 1. The lowest BCUT2D eigenvalue weighted by atomic mass is 9.88. The topological polar surface area (TPSA) is 158 Å². The summed E-state index contributed by atoms with van der Waals surface area (Å²) in [7, 11) is 1.73. The summed E-state index contributed by atoms with van der Waals surface area (Å²) in [5.74, 6) is 1.16. The van der Waals surface area contributed by atoms with Crippen molar-refractivity contribution in [3.05, 3.63) is 129 Å². The van der Waals surface area contributed by atoms with E-state index < -0.39 is 5.60 Å². The maximum absolute atomic E-state index is 16.2. The number of nitrogens with zero attached hydrogens (tertiary/aromatic N) is 9. The number of anilines is 1. The van der Waals surface area contributed by atoms with Gasteiger partial charge in [0.15, 0.2) is 11.4 Å². The molecule has 16 heteroatoms. The molecule has 3 aromatic carbocycles. The number of fused-ring (bicyclic) bond motifs is 5. The quantitative estimate of drug-likeness (QED) is 0.124. The molecule has 1 N–H and O–H groups in total. The van der Waals surface area contributed by atoms with Crippen LogP contribution in [0.3, 0.4) is 0 Å². The van der Waals surface area contributed by atoms with Crippen LogP contribution < -0.4 is 20.1 Å². The van der Waals surface area contributed by atoms with Crippen LogP contribution in [-0.2, 0) is 31.5 Å². The number of hydrogen-bond acceptors (Lipinski definition) is 11. The van der Waals surface area contributed by atoms with Gasteiger partial charge in [-0.15, -0.1) is 0 Å². The fourth-order valence-corrected chi connectivity index (χ4v) is 10.3. The number of ether oxygens (including phenoxy) is 3. The molecule has 1 aliphatic carbocycles. The van der Waals surface area contributed by atoms with E-state index in [0.717, 1.165) is 69.1 Å². The number of carbonyl (C=O) groups excluding carboxylic acids is 1. The predicted molar refractivity (Wildman–Crippen MR) is 261 cm³/mol. The molecular formula is C53H55FN10O5. The monoisotopic (exact) mass is 930 g/mol. The number of aromatic nitrogens is 8. The van der Waals surface area contributed by atoms with Crippen LogP contribution >= 0.6 is 0 Å². The summed E-state index contributed by atoms with van der Waals surface area (Å²) < 4.78 is 39.0. The van der Waals surface area contributed by atoms with Gasteiger partial charge in [-0.3, -0.25) is 19.2 Å². The second-order valence-electron chi connectivity index (χ2n) is 20.1. The molecule has 354 valence electrons. The van der Waals surface area contributed by atoms with Crippen molar-refractivity contribution in [1.29, 1.82) is 0 Å². The number of likely N-dealkylation sites (tertiary alicyclic amines) is 1. The Labute approximate surface area is 398 Å². The fourth-order valence-electron chi connectivity index (χ4n) is 10.3. The Bertz CT molecular complexity index is 3370. The maximum atomic E-state index is 16.2. The molecule has 3 aliphatic rings. The highest BCUT2D eigenvalue weighted by Crippen LogP contribution is 2.53. The highest BCUT2D eigenvalue weighted by molar-refractivity contribution is 6.06. The second-order valence-corrected chi connectivity index (χ2v) is 20.1. The lowest BCUT2D eigenvalue weighted by molar-refractivity contribution is 0.0214. The van der Waals surface area contributed by atoms with E-state index >= 15 is 4.39 Å². The number of piperazine rings is 1. The molecule has 0 unspecified atom stereocenters. The van der Waals surface area contributed by atoms with Gasteiger partial charge in [0.1, 0.15) is 36.0 Å². The van der Waals surface area contributed by atoms with Crippen molar-refractivity contribution in [2.45, 2.75) is 110 Å². The molecule has 15 nitrogen and oxygen atoms in total. The van der Waals surface area contributed by atoms with Gasteiger partial charge in [0.25, 0.3) is 0 Å². The van der Waals surface area contributed by atoms with Gasteiger partial charge >= 0.3 is 17.8 Å². The molecule has 8 aromatic rings. The van der Waals surface area contributed by atoms with Crippen molar-refractivity contribution in [3.8, 4) is 22.9 Å². The minimum Gasteiger partial charge on any atom is -0.486 e. The van der Waals surface area contributed by atoms with E-state index in [1.165, 1.54) is 6.07 Å². The zero-order valence-electron chi connectivity index (χ0n) is 39.9. The van der Waals surface area contributed by atoms with Crippen molar-refractivity contribution in [3.63, 3.8) is 0 Å². The Kier molecular flexibility index (Phi) is 10.9. The average molecular weight is 931 g/mol. The smallest absolute Gasteiger partial charge is 0.410 e. The summed E-state index contributed by atoms with van der Waals surface area (Å²) in [6.45, 7) is 13.4. The Morgan fingerprint density at radius 3 is 2.42 bits per heavy atom. The highest BCUT2D eigenvalue weighted by atomic mass is 19.1. The lowest BCUT2D eigenvalue weighted by Crippen LogP contribution is -2.50. The van der Waals surface area contributed by atoms with Crippen LogP contribution in [0.25, 0.3) is 44.1 Å². The third-order valence-corrected chi connectivity index (χ3v) is 13.8. The maximum Gasteiger partial charge on any atom is 0.410 e. The van der Waals surface area contributed by atoms with E-state index in [-0.39, 0.29) is 60.7 Å². The fraction of sp³-hybridized carbons (Fsp3) is 0.377. The van der Waals surface area contributed by atoms with Crippen molar-refractivity contribution in [2.24, 2.45) is 7.05 Å². The molecule has 0 radical (unpaired) electrons. The molecule has 2 bridgehead atoms. The molecule has 2 saturated heterocycles. The normalized spacial score (nSPS) is 17.0. The van der Waals surface area contributed by atoms with E-state index in [2.05, 4.69) is 45.0 Å². The lowest BCUT2D eigenvalue weighted by Gasteiger charge is -2.36. The molecule has 69 heavy (non-hydrogen) atoms. The third-order valence-electron chi connectivity index (χ3n) is 13.8. The predicted octanol–water partition coefficient (Wildman–Crippen LogP) is 9.47. The highest BCUT2D eigenvalue weighted by Gasteiger charge is 2.48. The number of aryl methyl sites for hydroxylation is 1. The van der Waals surface area contributed by atoms with Crippen LogP contribution in [-0.4, -0.2) is 81.0 Å². The summed E-state index contributed by atoms with van der Waals surface area (Å²) in [6, 6.07) is 19.4. The molecule has 3 fully saturated rings. The van der Waals surface area contributed by atoms with E-state index in [1.54, 1.807) is 41.7 Å². The minimum absolute atomic E-state index is 0.0386. The zero-order chi connectivity index (χ0) is 47.9. The summed E-state index contributed by atoms with van der Waals surface area (Å²) >= 11 is 0. The largest absolute Gasteiger partial charge is 0.486 e. The van der Waals surface area contributed by atoms with Crippen molar-refractivity contribution < 1.29 is 23.4 Å². The van der Waals surface area contributed by atoms with Gasteiger partial charge in [-0.1, -0.05) is 44.2 Å². The Hall–Kier alpha value is -7.36. The zero-order valence-corrected chi connectivity index (χ0v) is 39.9. The first kappa shape index (κ1) is 44.2. The molecule has 0 spiro atoms. The molecule has 1 amide bonds. The van der Waals surface area contributed by atoms with Crippen LogP contribution in [0.15, 0.2) is 84.0 Å². The summed E-state index contributed by atoms with van der Waals surface area (Å²) in [5, 5.41) is 8.92. The molecule has 11 rings (SSSR count). The van der Waals surface area contributed by atoms with Gasteiger partial charge in [0, 0.05) is 65.7 Å². The number of nitrogens with one attached hydrogen (secondary N) is 1. The van der Waals surface area contributed by atoms with Crippen LogP contribution in [0.5, 0.6) is 11.8 Å². The van der Waals surface area contributed by atoms with Crippen molar-refractivity contribution in [1.82, 2.24) is 44.2 Å². The molecule has 5 aromatic heterocycles. The number of imidazole rings is 1. The van der Waals surface area contributed by atoms with E-state index in [4.69, 9.17) is 24.2 Å². The first-order valence-corrected chi connectivity index (χ1v) is 23.8. The number of amides is 1. The minimum atomic E-state index is -0.620. The number of aromatic amines is 1. The SMILES string of the molecule is Cc1c(F)cc2[nH]ncc2c1-c1c(C2CC2)cc2c(N3C[C@@H]4C[C@H]3CN4C(=O)OC(C)(C)C)nc(OCc3cccnc3C(C)C)nc2c1OCc1ccc(Cn2c(=O)n(C)c3ncccc32)cc1. The molecule has 2 atom stereocenters. The van der Waals surface area contributed by atoms with Crippen LogP contribution in [0.1, 0.15) is 99.2 Å². The van der Waals surface area contributed by atoms with Crippen LogP contribution in [0.2, 0.25) is 0 Å². The first-order valence-electron chi connectivity index (χ1n) is 23.8. The molecule has 2 aliphatic heterocycles. The number of pyridine rings is 2. The second kappa shape index (κ2) is 17.0. The van der Waals surface area contributed by atoms with E-state index in [1.807, 2.05) is 74.2 Å². The number of hydrogen-bond donors (Lipinski definition) is 1. The average Bonchev–Trinajstić information content (AvgIpc) is 3.60. The molecule has 1 saturated carbocycles. The third kappa shape index (κ3) is 8.08.